The van der Waals surface area contributed by atoms with E-state index in [0.717, 1.165) is 0 Å². The van der Waals surface area contributed by atoms with E-state index < -0.39 is 17.3 Å². The number of nitrogen functional groups attached to an aromatic ring is 1. The molecule has 4 rings (SSSR count). The highest BCUT2D eigenvalue weighted by Gasteiger charge is 2.17. The van der Waals surface area contributed by atoms with Gasteiger partial charge in [0.2, 0.25) is 0 Å². The zero-order valence-corrected chi connectivity index (χ0v) is 22.1. The van der Waals surface area contributed by atoms with Gasteiger partial charge in [0.15, 0.2) is 0 Å². The minimum atomic E-state index is -0.649. The third kappa shape index (κ3) is 6.48. The maximum Gasteiger partial charge on any atom is 0.267 e. The Morgan fingerprint density at radius 3 is 2.60 bits per heavy atom. The van der Waals surface area contributed by atoms with E-state index in [1.165, 1.54) is 53.4 Å². The highest BCUT2D eigenvalue weighted by atomic mass is 19.1. The first kappa shape index (κ1) is 27.9. The van der Waals surface area contributed by atoms with Crippen molar-refractivity contribution >= 4 is 23.4 Å². The van der Waals surface area contributed by atoms with Gasteiger partial charge in [-0.3, -0.25) is 19.1 Å². The molecule has 3 heterocycles. The first-order valence-electron chi connectivity index (χ1n) is 12.2. The number of aliphatic imine (C=N–C) groups is 1. The Kier molecular flexibility index (Phi) is 8.50. The molecule has 5 N–H and O–H groups in total. The predicted molar refractivity (Wildman–Crippen MR) is 150 cm³/mol. The predicted octanol–water partition coefficient (Wildman–Crippen LogP) is 3.44. The van der Waals surface area contributed by atoms with Crippen LogP contribution in [0.5, 0.6) is 11.5 Å². The van der Waals surface area contributed by atoms with Crippen molar-refractivity contribution in [3.05, 3.63) is 100.0 Å². The largest absolute Gasteiger partial charge is 0.455 e. The number of pyridine rings is 3. The molecule has 1 amide bonds. The fourth-order valence-corrected chi connectivity index (χ4v) is 3.88. The number of carbonyl (C=O) groups is 1. The summed E-state index contributed by atoms with van der Waals surface area (Å²) in [5.74, 6) is 0.0448. The van der Waals surface area contributed by atoms with Gasteiger partial charge in [-0.2, -0.15) is 0 Å². The maximum atomic E-state index is 13.3. The topological polar surface area (TPSA) is 160 Å². The van der Waals surface area contributed by atoms with Gasteiger partial charge in [0, 0.05) is 31.3 Å². The number of nitrogens with two attached hydrogens (primary N) is 2. The van der Waals surface area contributed by atoms with Crippen LogP contribution in [0.15, 0.2) is 76.9 Å². The van der Waals surface area contributed by atoms with E-state index in [1.807, 2.05) is 6.92 Å². The number of nitrogens with zero attached hydrogens (tertiary/aromatic N) is 4. The molecule has 0 aliphatic heterocycles. The lowest BCUT2D eigenvalue weighted by Crippen LogP contribution is -2.28. The Morgan fingerprint density at radius 1 is 1.18 bits per heavy atom. The number of ether oxygens (including phenoxy) is 2. The van der Waals surface area contributed by atoms with Gasteiger partial charge in [0.05, 0.1) is 18.8 Å². The second-order valence-corrected chi connectivity index (χ2v) is 8.91. The average Bonchev–Trinajstić information content (AvgIpc) is 2.91. The molecule has 0 unspecified atom stereocenters. The van der Waals surface area contributed by atoms with Gasteiger partial charge in [0.25, 0.3) is 11.5 Å². The molecule has 11 nitrogen and oxygen atoms in total. The Labute approximate surface area is 229 Å². The molecule has 3 aromatic heterocycles. The first-order valence-corrected chi connectivity index (χ1v) is 12.2. The summed E-state index contributed by atoms with van der Waals surface area (Å²) in [6.45, 7) is 3.96. The number of benzene rings is 1. The van der Waals surface area contributed by atoms with E-state index in [2.05, 4.69) is 20.3 Å². The van der Waals surface area contributed by atoms with Crippen molar-refractivity contribution in [3.8, 4) is 17.2 Å². The lowest BCUT2D eigenvalue weighted by atomic mass is 10.2. The van der Waals surface area contributed by atoms with E-state index in [1.54, 1.807) is 32.4 Å². The number of aryl methyl sites for hydroxylation is 1. The summed E-state index contributed by atoms with van der Waals surface area (Å²) in [6, 6.07) is 11.3. The minimum absolute atomic E-state index is 0.0965. The van der Waals surface area contributed by atoms with Crippen LogP contribution in [-0.4, -0.2) is 46.0 Å². The number of amides is 1. The molecule has 0 saturated heterocycles. The molecule has 206 valence electrons. The van der Waals surface area contributed by atoms with Crippen molar-refractivity contribution in [3.63, 3.8) is 0 Å². The van der Waals surface area contributed by atoms with Crippen LogP contribution >= 0.6 is 0 Å². The molecule has 0 radical (unpaired) electrons. The molecule has 0 bridgehead atoms. The summed E-state index contributed by atoms with van der Waals surface area (Å²) in [7, 11) is 1.57. The molecule has 0 fully saturated rings. The molecule has 0 aliphatic rings. The summed E-state index contributed by atoms with van der Waals surface area (Å²) in [5.41, 5.74) is 13.0. The third-order valence-corrected chi connectivity index (χ3v) is 5.67. The lowest BCUT2D eigenvalue weighted by molar-refractivity contribution is 0.102. The molecule has 40 heavy (non-hydrogen) atoms. The monoisotopic (exact) mass is 545 g/mol. The summed E-state index contributed by atoms with van der Waals surface area (Å²) in [6.07, 6.45) is 4.44. The molecule has 0 spiro atoms. The fourth-order valence-electron chi connectivity index (χ4n) is 3.88. The number of nitrogens with one attached hydrogen (secondary N) is 1. The van der Waals surface area contributed by atoms with E-state index in [9.17, 15) is 14.0 Å². The Balaban J connectivity index is 1.53. The van der Waals surface area contributed by atoms with Gasteiger partial charge < -0.3 is 26.3 Å². The number of anilines is 2. The van der Waals surface area contributed by atoms with Crippen molar-refractivity contribution < 1.29 is 18.7 Å². The Morgan fingerprint density at radius 2 is 1.93 bits per heavy atom. The highest BCUT2D eigenvalue weighted by molar-refractivity contribution is 6.04. The van der Waals surface area contributed by atoms with Gasteiger partial charge in [-0.05, 0) is 61.9 Å². The van der Waals surface area contributed by atoms with Crippen molar-refractivity contribution in [1.29, 1.82) is 0 Å². The molecule has 1 aromatic carbocycles. The van der Waals surface area contributed by atoms with Crippen LogP contribution in [0, 0.1) is 12.7 Å². The van der Waals surface area contributed by atoms with Crippen molar-refractivity contribution in [1.82, 2.24) is 14.5 Å². The highest BCUT2D eigenvalue weighted by Crippen LogP contribution is 2.28. The first-order chi connectivity index (χ1) is 19.2. The molecule has 0 aliphatic carbocycles. The Bertz CT molecular complexity index is 1600. The molecule has 4 aromatic rings. The van der Waals surface area contributed by atoms with Gasteiger partial charge in [-0.25, -0.2) is 14.4 Å². The summed E-state index contributed by atoms with van der Waals surface area (Å²) >= 11 is 0. The second kappa shape index (κ2) is 12.2. The van der Waals surface area contributed by atoms with Crippen LogP contribution < -0.4 is 27.1 Å². The maximum absolute atomic E-state index is 13.3. The molecule has 0 saturated carbocycles. The van der Waals surface area contributed by atoms with E-state index in [4.69, 9.17) is 20.9 Å². The third-order valence-electron chi connectivity index (χ3n) is 5.67. The van der Waals surface area contributed by atoms with Crippen LogP contribution in [0.1, 0.15) is 28.4 Å². The van der Waals surface area contributed by atoms with Gasteiger partial charge in [-0.1, -0.05) is 0 Å². The van der Waals surface area contributed by atoms with Crippen LogP contribution in [0.4, 0.5) is 16.0 Å². The zero-order chi connectivity index (χ0) is 28.8. The average molecular weight is 546 g/mol. The fraction of sp³-hybridized carbons (Fsp3) is 0.179. The van der Waals surface area contributed by atoms with Crippen molar-refractivity contribution in [2.24, 2.45) is 10.7 Å². The van der Waals surface area contributed by atoms with Crippen LogP contribution in [0.2, 0.25) is 0 Å². The number of carbonyl (C=O) groups excluding carboxylic acids is 1. The summed E-state index contributed by atoms with van der Waals surface area (Å²) in [5, 5.41) is 2.62. The summed E-state index contributed by atoms with van der Waals surface area (Å²) in [4.78, 5) is 38.7. The number of methoxy groups -OCH3 is 1. The van der Waals surface area contributed by atoms with Crippen LogP contribution in [-0.2, 0) is 4.74 Å². The second-order valence-electron chi connectivity index (χ2n) is 8.91. The number of hydrogen-bond donors (Lipinski definition) is 3. The zero-order valence-electron chi connectivity index (χ0n) is 22.1. The van der Waals surface area contributed by atoms with Gasteiger partial charge >= 0.3 is 0 Å². The SMILES string of the molecule is COC[C@@H](C)N=C(N)c1c(Oc2ccc(NC(=O)c3cc(C)cn(-c4ccc(F)cc4)c3=O)nc2)ccnc1N. The van der Waals surface area contributed by atoms with Gasteiger partial charge in [-0.15, -0.1) is 0 Å². The molecular weight excluding hydrogens is 517 g/mol. The van der Waals surface area contributed by atoms with Crippen molar-refractivity contribution in [2.75, 3.05) is 24.8 Å². The van der Waals surface area contributed by atoms with E-state index in [-0.39, 0.29) is 29.1 Å². The number of halogens is 1. The smallest absolute Gasteiger partial charge is 0.267 e. The standard InChI is InChI=1S/C28H28FN7O4/c1-16-12-21(28(38)36(14-16)19-6-4-18(29)5-7-19)27(37)35-23-9-8-20(13-33-23)40-22-10-11-32-25(30)24(22)26(31)34-17(2)15-39-3/h4-14,17H,15H2,1-3H3,(H2,30,32)(H2,31,34)(H,33,35,37)/t17-/m1/s1. The van der Waals surface area contributed by atoms with E-state index in [0.29, 0.717) is 34.9 Å². The minimum Gasteiger partial charge on any atom is -0.455 e. The quantitative estimate of drug-likeness (QED) is 0.213. The normalized spacial score (nSPS) is 12.2. The lowest BCUT2D eigenvalue weighted by Gasteiger charge is -2.14. The Hall–Kier alpha value is -5.10. The number of aromatic nitrogens is 3. The molecule has 1 atom stereocenters. The number of amidine groups is 1. The number of hydrogen-bond acceptors (Lipinski definition) is 8. The van der Waals surface area contributed by atoms with Crippen molar-refractivity contribution in [2.45, 2.75) is 19.9 Å². The van der Waals surface area contributed by atoms with E-state index >= 15 is 0 Å². The van der Waals surface area contributed by atoms with Gasteiger partial charge in [0.1, 0.15) is 45.9 Å². The van der Waals surface area contributed by atoms with Crippen LogP contribution in [0.25, 0.3) is 5.69 Å². The summed E-state index contributed by atoms with van der Waals surface area (Å²) < 4.78 is 25.7. The van der Waals surface area contributed by atoms with Crippen LogP contribution in [0.3, 0.4) is 0 Å². The molecule has 12 heteroatoms. The number of rotatable bonds is 9. The molecular formula is C28H28FN7O4.